The Hall–Kier alpha value is 0.100. The second-order valence-corrected chi connectivity index (χ2v) is 6.08. The SMILES string of the molecule is OC1CCCN(Cc2csc(Br)c2)C1. The van der Waals surface area contributed by atoms with Crippen LogP contribution in [0.3, 0.4) is 0 Å². The van der Waals surface area contributed by atoms with Gasteiger partial charge in [-0.2, -0.15) is 0 Å². The number of aliphatic hydroxyl groups excluding tert-OH is 1. The van der Waals surface area contributed by atoms with Crippen LogP contribution in [0.4, 0.5) is 0 Å². The van der Waals surface area contributed by atoms with E-state index in [0.29, 0.717) is 0 Å². The van der Waals surface area contributed by atoms with Gasteiger partial charge in [-0.1, -0.05) is 0 Å². The van der Waals surface area contributed by atoms with E-state index in [1.165, 1.54) is 9.35 Å². The number of aliphatic hydroxyl groups is 1. The first kappa shape index (κ1) is 10.6. The fourth-order valence-electron chi connectivity index (χ4n) is 1.86. The van der Waals surface area contributed by atoms with Crippen LogP contribution < -0.4 is 0 Å². The number of hydrogen-bond acceptors (Lipinski definition) is 3. The van der Waals surface area contributed by atoms with E-state index in [0.717, 1.165) is 32.5 Å². The molecule has 0 saturated carbocycles. The standard InChI is InChI=1S/C10H14BrNOS/c11-10-4-8(7-14-10)5-12-3-1-2-9(13)6-12/h4,7,9,13H,1-3,5-6H2. The fraction of sp³-hybridized carbons (Fsp3) is 0.600. The molecule has 1 aromatic heterocycles. The highest BCUT2D eigenvalue weighted by Crippen LogP contribution is 2.22. The molecular weight excluding hydrogens is 262 g/mol. The lowest BCUT2D eigenvalue weighted by Crippen LogP contribution is -2.37. The van der Waals surface area contributed by atoms with Gasteiger partial charge in [-0.25, -0.2) is 0 Å². The quantitative estimate of drug-likeness (QED) is 0.897. The predicted molar refractivity (Wildman–Crippen MR) is 62.5 cm³/mol. The Morgan fingerprint density at radius 1 is 1.64 bits per heavy atom. The number of likely N-dealkylation sites (tertiary alicyclic amines) is 1. The van der Waals surface area contributed by atoms with E-state index in [1.54, 1.807) is 11.3 Å². The molecule has 0 spiro atoms. The molecule has 0 aromatic carbocycles. The summed E-state index contributed by atoms with van der Waals surface area (Å²) in [7, 11) is 0. The third-order valence-electron chi connectivity index (χ3n) is 2.51. The molecule has 14 heavy (non-hydrogen) atoms. The minimum Gasteiger partial charge on any atom is -0.392 e. The van der Waals surface area contributed by atoms with E-state index < -0.39 is 0 Å². The Morgan fingerprint density at radius 3 is 3.14 bits per heavy atom. The van der Waals surface area contributed by atoms with Crippen molar-refractivity contribution in [3.05, 3.63) is 20.8 Å². The zero-order valence-electron chi connectivity index (χ0n) is 7.95. The molecule has 78 valence electrons. The molecule has 2 rings (SSSR count). The predicted octanol–water partition coefficient (Wildman–Crippen LogP) is 2.47. The van der Waals surface area contributed by atoms with Crippen molar-refractivity contribution in [2.45, 2.75) is 25.5 Å². The maximum atomic E-state index is 9.51. The summed E-state index contributed by atoms with van der Waals surface area (Å²) in [5, 5.41) is 11.7. The Kier molecular flexibility index (Phi) is 3.60. The van der Waals surface area contributed by atoms with Gasteiger partial charge in [0, 0.05) is 13.1 Å². The maximum Gasteiger partial charge on any atom is 0.0701 e. The maximum absolute atomic E-state index is 9.51. The Morgan fingerprint density at radius 2 is 2.50 bits per heavy atom. The van der Waals surface area contributed by atoms with Crippen LogP contribution in [0.15, 0.2) is 15.2 Å². The van der Waals surface area contributed by atoms with Gasteiger partial charge in [-0.3, -0.25) is 4.90 Å². The average molecular weight is 276 g/mol. The average Bonchev–Trinajstić information content (AvgIpc) is 2.51. The van der Waals surface area contributed by atoms with Gasteiger partial charge in [0.1, 0.15) is 0 Å². The topological polar surface area (TPSA) is 23.5 Å². The normalized spacial score (nSPS) is 24.0. The molecular formula is C10H14BrNOS. The molecule has 1 aromatic rings. The molecule has 1 aliphatic heterocycles. The highest BCUT2D eigenvalue weighted by atomic mass is 79.9. The van der Waals surface area contributed by atoms with Crippen molar-refractivity contribution in [3.8, 4) is 0 Å². The van der Waals surface area contributed by atoms with Crippen molar-refractivity contribution in [2.75, 3.05) is 13.1 Å². The van der Waals surface area contributed by atoms with Crippen LogP contribution in [-0.4, -0.2) is 29.2 Å². The van der Waals surface area contributed by atoms with Crippen LogP contribution in [0.2, 0.25) is 0 Å². The van der Waals surface area contributed by atoms with Crippen LogP contribution in [0, 0.1) is 0 Å². The van der Waals surface area contributed by atoms with E-state index >= 15 is 0 Å². The minimum atomic E-state index is -0.120. The second kappa shape index (κ2) is 4.75. The third-order valence-corrected chi connectivity index (χ3v) is 4.06. The summed E-state index contributed by atoms with van der Waals surface area (Å²) < 4.78 is 1.19. The van der Waals surface area contributed by atoms with Gasteiger partial charge >= 0.3 is 0 Å². The van der Waals surface area contributed by atoms with Crippen LogP contribution >= 0.6 is 27.3 Å². The number of piperidine rings is 1. The van der Waals surface area contributed by atoms with Crippen molar-refractivity contribution < 1.29 is 5.11 Å². The fourth-order valence-corrected chi connectivity index (χ4v) is 3.06. The lowest BCUT2D eigenvalue weighted by molar-refractivity contribution is 0.0669. The minimum absolute atomic E-state index is 0.120. The van der Waals surface area contributed by atoms with Crippen molar-refractivity contribution in [3.63, 3.8) is 0 Å². The van der Waals surface area contributed by atoms with Crippen molar-refractivity contribution >= 4 is 27.3 Å². The molecule has 2 nitrogen and oxygen atoms in total. The monoisotopic (exact) mass is 275 g/mol. The van der Waals surface area contributed by atoms with Gasteiger partial charge in [0.25, 0.3) is 0 Å². The van der Waals surface area contributed by atoms with Crippen molar-refractivity contribution in [1.29, 1.82) is 0 Å². The molecule has 4 heteroatoms. The summed E-state index contributed by atoms with van der Waals surface area (Å²) in [6.07, 6.45) is 1.96. The molecule has 0 aliphatic carbocycles. The van der Waals surface area contributed by atoms with Gasteiger partial charge in [-0.05, 0) is 52.3 Å². The molecule has 1 N–H and O–H groups in total. The largest absolute Gasteiger partial charge is 0.392 e. The zero-order chi connectivity index (χ0) is 9.97. The van der Waals surface area contributed by atoms with E-state index in [2.05, 4.69) is 32.3 Å². The van der Waals surface area contributed by atoms with Gasteiger partial charge in [0.2, 0.25) is 0 Å². The lowest BCUT2D eigenvalue weighted by atomic mass is 10.1. The Bertz CT molecular complexity index is 302. The van der Waals surface area contributed by atoms with E-state index in [4.69, 9.17) is 0 Å². The number of β-amino-alcohol motifs (C(OH)–C–C–N with tert-alkyl or cyclic N) is 1. The first-order chi connectivity index (χ1) is 6.74. The summed E-state index contributed by atoms with van der Waals surface area (Å²) in [5.74, 6) is 0. The molecule has 1 saturated heterocycles. The Labute approximate surface area is 96.7 Å². The van der Waals surface area contributed by atoms with Crippen molar-refractivity contribution in [1.82, 2.24) is 4.90 Å². The molecule has 0 amide bonds. The molecule has 0 bridgehead atoms. The lowest BCUT2D eigenvalue weighted by Gasteiger charge is -2.29. The Balaban J connectivity index is 1.90. The number of hydrogen-bond donors (Lipinski definition) is 1. The van der Waals surface area contributed by atoms with Gasteiger partial charge < -0.3 is 5.11 Å². The van der Waals surface area contributed by atoms with E-state index in [9.17, 15) is 5.11 Å². The summed E-state index contributed by atoms with van der Waals surface area (Å²) in [5.41, 5.74) is 1.34. The zero-order valence-corrected chi connectivity index (χ0v) is 10.4. The third kappa shape index (κ3) is 2.79. The number of thiophene rings is 1. The first-order valence-corrected chi connectivity index (χ1v) is 6.54. The van der Waals surface area contributed by atoms with Crippen LogP contribution in [0.1, 0.15) is 18.4 Å². The second-order valence-electron chi connectivity index (χ2n) is 3.79. The number of nitrogens with zero attached hydrogens (tertiary/aromatic N) is 1. The highest BCUT2D eigenvalue weighted by molar-refractivity contribution is 9.11. The first-order valence-electron chi connectivity index (χ1n) is 4.87. The van der Waals surface area contributed by atoms with Gasteiger partial charge in [0.05, 0.1) is 9.89 Å². The van der Waals surface area contributed by atoms with E-state index in [-0.39, 0.29) is 6.10 Å². The van der Waals surface area contributed by atoms with Crippen LogP contribution in [0.5, 0.6) is 0 Å². The molecule has 1 atom stereocenters. The summed E-state index contributed by atoms with van der Waals surface area (Å²) in [6.45, 7) is 2.91. The number of halogens is 1. The summed E-state index contributed by atoms with van der Waals surface area (Å²) in [4.78, 5) is 2.32. The van der Waals surface area contributed by atoms with Crippen LogP contribution in [-0.2, 0) is 6.54 Å². The molecule has 1 aliphatic rings. The molecule has 1 unspecified atom stereocenters. The van der Waals surface area contributed by atoms with Gasteiger partial charge in [-0.15, -0.1) is 11.3 Å². The van der Waals surface area contributed by atoms with E-state index in [1.807, 2.05) is 0 Å². The molecule has 0 radical (unpaired) electrons. The molecule has 2 heterocycles. The smallest absolute Gasteiger partial charge is 0.0701 e. The highest BCUT2D eigenvalue weighted by Gasteiger charge is 2.17. The summed E-state index contributed by atoms with van der Waals surface area (Å²) >= 11 is 5.18. The van der Waals surface area contributed by atoms with Crippen LogP contribution in [0.25, 0.3) is 0 Å². The van der Waals surface area contributed by atoms with Gasteiger partial charge in [0.15, 0.2) is 0 Å². The summed E-state index contributed by atoms with van der Waals surface area (Å²) in [6, 6.07) is 2.16. The molecule has 1 fully saturated rings. The number of rotatable bonds is 2. The van der Waals surface area contributed by atoms with Crippen molar-refractivity contribution in [2.24, 2.45) is 0 Å².